The third-order valence-electron chi connectivity index (χ3n) is 1.20. The van der Waals surface area contributed by atoms with E-state index in [-0.39, 0.29) is 0 Å². The van der Waals surface area contributed by atoms with Crippen LogP contribution in [0.25, 0.3) is 0 Å². The van der Waals surface area contributed by atoms with Crippen LogP contribution < -0.4 is 4.74 Å². The fourth-order valence-electron chi connectivity index (χ4n) is 0.695. The van der Waals surface area contributed by atoms with Crippen molar-refractivity contribution in [3.63, 3.8) is 0 Å². The molecule has 0 amide bonds. The maximum Gasteiger partial charge on any atom is 0.137 e. The first kappa shape index (κ1) is 8.90. The molecule has 1 rings (SSSR count). The van der Waals surface area contributed by atoms with Crippen LogP contribution in [0.15, 0.2) is 12.3 Å². The summed E-state index contributed by atoms with van der Waals surface area (Å²) in [4.78, 5) is 3.05. The van der Waals surface area contributed by atoms with Crippen LogP contribution in [0.1, 0.15) is 13.8 Å². The van der Waals surface area contributed by atoms with E-state index in [4.69, 9.17) is 4.74 Å². The first-order valence-corrected chi connectivity index (χ1v) is 4.73. The fraction of sp³-hybridized carbons (Fsp3) is 0.500. The summed E-state index contributed by atoms with van der Waals surface area (Å²) in [5.41, 5.74) is 0. The molecule has 1 N–H and O–H groups in total. The van der Waals surface area contributed by atoms with Gasteiger partial charge in [-0.25, -0.2) is 0 Å². The summed E-state index contributed by atoms with van der Waals surface area (Å²) in [6.07, 6.45) is 1.88. The van der Waals surface area contributed by atoms with Crippen LogP contribution in [0.3, 0.4) is 0 Å². The summed E-state index contributed by atoms with van der Waals surface area (Å²) < 4.78 is 6.56. The lowest BCUT2D eigenvalue weighted by molar-refractivity contribution is 0.271. The molecule has 0 atom stereocenters. The van der Waals surface area contributed by atoms with Crippen molar-refractivity contribution in [3.8, 4) is 5.75 Å². The van der Waals surface area contributed by atoms with Gasteiger partial charge < -0.3 is 9.72 Å². The molecule has 0 radical (unpaired) electrons. The number of rotatable bonds is 3. The molecule has 0 saturated heterocycles. The molecule has 0 saturated carbocycles. The van der Waals surface area contributed by atoms with Gasteiger partial charge in [0, 0.05) is 12.3 Å². The summed E-state index contributed by atoms with van der Waals surface area (Å²) in [6.45, 7) is 5.06. The number of H-pyrrole nitrogens is 1. The first-order chi connectivity index (χ1) is 5.18. The van der Waals surface area contributed by atoms with Crippen molar-refractivity contribution in [2.45, 2.75) is 13.8 Å². The summed E-state index contributed by atoms with van der Waals surface area (Å²) in [5.74, 6) is 1.52. The third-order valence-corrected chi connectivity index (χ3v) is 1.83. The molecule has 1 aromatic rings. The smallest absolute Gasteiger partial charge is 0.137 e. The van der Waals surface area contributed by atoms with Gasteiger partial charge in [0.15, 0.2) is 0 Å². The van der Waals surface area contributed by atoms with E-state index in [1.54, 1.807) is 0 Å². The maximum absolute atomic E-state index is 5.45. The van der Waals surface area contributed by atoms with Crippen molar-refractivity contribution < 1.29 is 4.74 Å². The van der Waals surface area contributed by atoms with Gasteiger partial charge >= 0.3 is 0 Å². The molecule has 1 aromatic heterocycles. The third kappa shape index (κ3) is 3.14. The molecule has 0 fully saturated rings. The number of hydrogen-bond acceptors (Lipinski definition) is 1. The van der Waals surface area contributed by atoms with Crippen molar-refractivity contribution in [2.75, 3.05) is 6.61 Å². The molecule has 2 nitrogen and oxygen atoms in total. The van der Waals surface area contributed by atoms with E-state index in [1.807, 2.05) is 12.3 Å². The Labute approximate surface area is 80.5 Å². The Morgan fingerprint density at radius 1 is 1.64 bits per heavy atom. The van der Waals surface area contributed by atoms with Gasteiger partial charge in [-0.05, 0) is 28.5 Å². The topological polar surface area (TPSA) is 25.0 Å². The standard InChI is InChI=1S/C8H12INO/c1-6(2)5-11-7-3-8(9)10-4-7/h3-4,6,10H,5H2,1-2H3. The average Bonchev–Trinajstić information content (AvgIpc) is 2.31. The van der Waals surface area contributed by atoms with E-state index in [2.05, 4.69) is 41.4 Å². The molecule has 11 heavy (non-hydrogen) atoms. The summed E-state index contributed by atoms with van der Waals surface area (Å²) in [7, 11) is 0. The zero-order chi connectivity index (χ0) is 8.27. The first-order valence-electron chi connectivity index (χ1n) is 3.65. The van der Waals surface area contributed by atoms with Gasteiger partial charge in [-0.1, -0.05) is 13.8 Å². The second-order valence-electron chi connectivity index (χ2n) is 2.89. The van der Waals surface area contributed by atoms with Gasteiger partial charge in [-0.15, -0.1) is 0 Å². The largest absolute Gasteiger partial charge is 0.492 e. The molecular formula is C8H12INO. The molecular weight excluding hydrogens is 253 g/mol. The Bertz CT molecular complexity index is 220. The number of aromatic nitrogens is 1. The molecule has 0 aliphatic heterocycles. The lowest BCUT2D eigenvalue weighted by Crippen LogP contribution is -2.03. The van der Waals surface area contributed by atoms with Crippen molar-refractivity contribution in [1.29, 1.82) is 0 Å². The lowest BCUT2D eigenvalue weighted by atomic mass is 10.2. The van der Waals surface area contributed by atoms with Gasteiger partial charge in [-0.2, -0.15) is 0 Å². The normalized spacial score (nSPS) is 10.5. The van der Waals surface area contributed by atoms with Gasteiger partial charge in [0.25, 0.3) is 0 Å². The van der Waals surface area contributed by atoms with Crippen molar-refractivity contribution >= 4 is 22.6 Å². The fourth-order valence-corrected chi connectivity index (χ4v) is 1.16. The quantitative estimate of drug-likeness (QED) is 0.835. The van der Waals surface area contributed by atoms with Crippen LogP contribution in [-0.2, 0) is 0 Å². The average molecular weight is 265 g/mol. The maximum atomic E-state index is 5.45. The SMILES string of the molecule is CC(C)COc1c[nH]c(I)c1. The number of ether oxygens (including phenoxy) is 1. The van der Waals surface area contributed by atoms with Crippen molar-refractivity contribution in [2.24, 2.45) is 5.92 Å². The molecule has 62 valence electrons. The Morgan fingerprint density at radius 2 is 2.36 bits per heavy atom. The highest BCUT2D eigenvalue weighted by molar-refractivity contribution is 14.1. The Balaban J connectivity index is 2.39. The van der Waals surface area contributed by atoms with E-state index < -0.39 is 0 Å². The van der Waals surface area contributed by atoms with Crippen LogP contribution in [0.2, 0.25) is 0 Å². The minimum Gasteiger partial charge on any atom is -0.492 e. The van der Waals surface area contributed by atoms with E-state index in [0.717, 1.165) is 16.1 Å². The second-order valence-corrected chi connectivity index (χ2v) is 4.05. The summed E-state index contributed by atoms with van der Waals surface area (Å²) in [5, 5.41) is 0. The highest BCUT2D eigenvalue weighted by Crippen LogP contribution is 2.14. The minimum atomic E-state index is 0.586. The number of aromatic amines is 1. The van der Waals surface area contributed by atoms with Crippen LogP contribution in [-0.4, -0.2) is 11.6 Å². The van der Waals surface area contributed by atoms with Crippen LogP contribution in [0, 0.1) is 9.62 Å². The number of hydrogen-bond donors (Lipinski definition) is 1. The van der Waals surface area contributed by atoms with Crippen molar-refractivity contribution in [1.82, 2.24) is 4.98 Å². The highest BCUT2D eigenvalue weighted by Gasteiger charge is 1.98. The minimum absolute atomic E-state index is 0.586. The van der Waals surface area contributed by atoms with Crippen LogP contribution in [0.5, 0.6) is 5.75 Å². The zero-order valence-electron chi connectivity index (χ0n) is 6.73. The number of halogens is 1. The highest BCUT2D eigenvalue weighted by atomic mass is 127. The Morgan fingerprint density at radius 3 is 2.82 bits per heavy atom. The zero-order valence-corrected chi connectivity index (χ0v) is 8.88. The molecule has 0 bridgehead atoms. The van der Waals surface area contributed by atoms with E-state index >= 15 is 0 Å². The van der Waals surface area contributed by atoms with Gasteiger partial charge in [-0.3, -0.25) is 0 Å². The van der Waals surface area contributed by atoms with E-state index in [9.17, 15) is 0 Å². The molecule has 0 aromatic carbocycles. The van der Waals surface area contributed by atoms with Crippen LogP contribution >= 0.6 is 22.6 Å². The van der Waals surface area contributed by atoms with Crippen molar-refractivity contribution in [3.05, 3.63) is 16.0 Å². The molecule has 3 heteroatoms. The van der Waals surface area contributed by atoms with Gasteiger partial charge in [0.05, 0.1) is 10.3 Å². The van der Waals surface area contributed by atoms with E-state index in [0.29, 0.717) is 5.92 Å². The predicted octanol–water partition coefficient (Wildman–Crippen LogP) is 2.65. The molecule has 0 aliphatic carbocycles. The summed E-state index contributed by atoms with van der Waals surface area (Å²) >= 11 is 2.22. The van der Waals surface area contributed by atoms with E-state index in [1.165, 1.54) is 0 Å². The molecule has 0 unspecified atom stereocenters. The number of nitrogens with one attached hydrogen (secondary N) is 1. The van der Waals surface area contributed by atoms with Gasteiger partial charge in [0.1, 0.15) is 5.75 Å². The monoisotopic (exact) mass is 265 g/mol. The van der Waals surface area contributed by atoms with Crippen LogP contribution in [0.4, 0.5) is 0 Å². The molecule has 1 heterocycles. The lowest BCUT2D eigenvalue weighted by Gasteiger charge is -2.04. The Hall–Kier alpha value is -0.190. The van der Waals surface area contributed by atoms with Gasteiger partial charge in [0.2, 0.25) is 0 Å². The Kier molecular flexibility index (Phi) is 3.23. The molecule has 0 aliphatic rings. The predicted molar refractivity (Wildman–Crippen MR) is 53.8 cm³/mol. The second kappa shape index (κ2) is 3.99. The molecule has 0 spiro atoms. The summed E-state index contributed by atoms with van der Waals surface area (Å²) in [6, 6.07) is 1.99.